The van der Waals surface area contributed by atoms with Crippen molar-refractivity contribution in [2.24, 2.45) is 5.92 Å². The van der Waals surface area contributed by atoms with Gasteiger partial charge in [0.25, 0.3) is 0 Å². The fraction of sp³-hybridized carbons (Fsp3) is 0.414. The first kappa shape index (κ1) is 26.2. The highest BCUT2D eigenvalue weighted by Crippen LogP contribution is 2.29. The summed E-state index contributed by atoms with van der Waals surface area (Å²) in [4.78, 5) is 39.3. The summed E-state index contributed by atoms with van der Waals surface area (Å²) in [5.41, 5.74) is 2.24. The average Bonchev–Trinajstić information content (AvgIpc) is 2.91. The molecule has 1 aliphatic rings. The zero-order chi connectivity index (χ0) is 24.9. The number of hydrogen-bond donors (Lipinski definition) is 1. The van der Waals surface area contributed by atoms with Crippen LogP contribution in [0.5, 0.6) is 0 Å². The molecule has 3 rings (SSSR count). The number of nitrogens with one attached hydrogen (secondary N) is 1. The Bertz CT molecular complexity index is 953. The second kappa shape index (κ2) is 14.1. The van der Waals surface area contributed by atoms with Crippen LogP contribution >= 0.6 is 0 Å². The summed E-state index contributed by atoms with van der Waals surface area (Å²) in [5.74, 6) is -0.484. The number of benzene rings is 2. The number of unbranched alkanes of at least 4 members (excludes halogenated alkanes) is 1. The minimum Gasteiger partial charge on any atom is -0.461 e. The van der Waals surface area contributed by atoms with Crippen LogP contribution in [0.2, 0.25) is 0 Å². The van der Waals surface area contributed by atoms with Gasteiger partial charge >= 0.3 is 5.97 Å². The Morgan fingerprint density at radius 2 is 1.66 bits per heavy atom. The molecule has 0 spiro atoms. The van der Waals surface area contributed by atoms with E-state index in [-0.39, 0.29) is 30.8 Å². The molecule has 6 nitrogen and oxygen atoms in total. The van der Waals surface area contributed by atoms with Crippen molar-refractivity contribution in [2.75, 3.05) is 19.6 Å². The molecule has 0 bridgehead atoms. The largest absolute Gasteiger partial charge is 0.461 e. The van der Waals surface area contributed by atoms with Crippen LogP contribution < -0.4 is 5.32 Å². The summed E-state index contributed by atoms with van der Waals surface area (Å²) in [5, 5.41) is 2.75. The molecule has 2 amide bonds. The summed E-state index contributed by atoms with van der Waals surface area (Å²) in [6.07, 6.45) is 5.22. The van der Waals surface area contributed by atoms with E-state index in [2.05, 4.69) is 36.2 Å². The minimum absolute atomic E-state index is 0.0308. The minimum atomic E-state index is -0.415. The van der Waals surface area contributed by atoms with E-state index < -0.39 is 5.92 Å². The van der Waals surface area contributed by atoms with Gasteiger partial charge in [0, 0.05) is 25.6 Å². The number of rotatable bonds is 12. The number of carbonyl (C=O) groups excluding carboxylic acids is 3. The molecule has 1 saturated heterocycles. The van der Waals surface area contributed by atoms with Gasteiger partial charge in [0.1, 0.15) is 6.61 Å². The van der Waals surface area contributed by atoms with Gasteiger partial charge in [0.15, 0.2) is 0 Å². The van der Waals surface area contributed by atoms with E-state index >= 15 is 0 Å². The maximum Gasteiger partial charge on any atom is 0.306 e. The Kier molecular flexibility index (Phi) is 10.6. The molecular weight excluding hydrogens is 440 g/mol. The Hall–Kier alpha value is -3.41. The molecule has 0 saturated carbocycles. The van der Waals surface area contributed by atoms with Crippen LogP contribution in [-0.2, 0) is 25.7 Å². The lowest BCUT2D eigenvalue weighted by Gasteiger charge is -2.34. The molecule has 1 fully saturated rings. The van der Waals surface area contributed by atoms with E-state index in [1.54, 1.807) is 0 Å². The lowest BCUT2D eigenvalue weighted by molar-refractivity contribution is -0.150. The fourth-order valence-corrected chi connectivity index (χ4v) is 4.53. The van der Waals surface area contributed by atoms with Crippen molar-refractivity contribution in [3.63, 3.8) is 0 Å². The first-order valence-electron chi connectivity index (χ1n) is 12.5. The second-order valence-electron chi connectivity index (χ2n) is 9.05. The van der Waals surface area contributed by atoms with Crippen LogP contribution in [0.25, 0.3) is 0 Å². The van der Waals surface area contributed by atoms with Gasteiger partial charge in [0.05, 0.1) is 6.42 Å². The van der Waals surface area contributed by atoms with Crippen molar-refractivity contribution in [3.8, 4) is 0 Å². The molecule has 1 heterocycles. The molecule has 1 atom stereocenters. The Morgan fingerprint density at radius 1 is 1.00 bits per heavy atom. The van der Waals surface area contributed by atoms with Crippen molar-refractivity contribution in [2.45, 2.75) is 51.0 Å². The smallest absolute Gasteiger partial charge is 0.306 e. The molecular formula is C29H36N2O4. The zero-order valence-corrected chi connectivity index (χ0v) is 20.4. The van der Waals surface area contributed by atoms with Gasteiger partial charge in [0.2, 0.25) is 11.8 Å². The normalized spacial score (nSPS) is 14.7. The van der Waals surface area contributed by atoms with E-state index in [1.165, 1.54) is 11.6 Å². The number of nitrogens with zero attached hydrogens (tertiary/aromatic N) is 1. The van der Waals surface area contributed by atoms with E-state index in [0.29, 0.717) is 32.0 Å². The van der Waals surface area contributed by atoms with Gasteiger partial charge in [-0.25, -0.2) is 0 Å². The van der Waals surface area contributed by atoms with E-state index in [4.69, 9.17) is 4.74 Å². The molecule has 186 valence electrons. The fourth-order valence-electron chi connectivity index (χ4n) is 4.53. The maximum atomic E-state index is 13.4. The molecule has 0 aromatic heterocycles. The Balaban J connectivity index is 1.53. The van der Waals surface area contributed by atoms with E-state index in [1.807, 2.05) is 41.3 Å². The summed E-state index contributed by atoms with van der Waals surface area (Å²) in [6.45, 7) is 5.57. The van der Waals surface area contributed by atoms with Gasteiger partial charge < -0.3 is 15.0 Å². The van der Waals surface area contributed by atoms with Gasteiger partial charge in [-0.05, 0) is 48.8 Å². The molecule has 35 heavy (non-hydrogen) atoms. The van der Waals surface area contributed by atoms with Crippen molar-refractivity contribution in [1.82, 2.24) is 10.2 Å². The Morgan fingerprint density at radius 3 is 2.31 bits per heavy atom. The van der Waals surface area contributed by atoms with Crippen molar-refractivity contribution < 1.29 is 19.1 Å². The number of carbonyl (C=O) groups is 3. The molecule has 0 unspecified atom stereocenters. The predicted octanol–water partition coefficient (Wildman–Crippen LogP) is 4.61. The lowest BCUT2D eigenvalue weighted by atomic mass is 9.88. The first-order valence-corrected chi connectivity index (χ1v) is 12.5. The van der Waals surface area contributed by atoms with Gasteiger partial charge in [-0.15, -0.1) is 0 Å². The zero-order valence-electron chi connectivity index (χ0n) is 20.4. The number of ether oxygens (including phenoxy) is 1. The van der Waals surface area contributed by atoms with Crippen LogP contribution in [0.1, 0.15) is 55.6 Å². The van der Waals surface area contributed by atoms with Crippen LogP contribution in [0.15, 0.2) is 73.3 Å². The highest BCUT2D eigenvalue weighted by Gasteiger charge is 2.30. The quantitative estimate of drug-likeness (QED) is 0.276. The summed E-state index contributed by atoms with van der Waals surface area (Å²) in [6, 6.07) is 20.0. The third-order valence-electron chi connectivity index (χ3n) is 6.55. The topological polar surface area (TPSA) is 75.7 Å². The highest BCUT2D eigenvalue weighted by atomic mass is 16.5. The van der Waals surface area contributed by atoms with Crippen molar-refractivity contribution in [1.29, 1.82) is 0 Å². The van der Waals surface area contributed by atoms with Crippen molar-refractivity contribution >= 4 is 17.8 Å². The van der Waals surface area contributed by atoms with Crippen LogP contribution in [-0.4, -0.2) is 42.3 Å². The molecule has 0 aliphatic carbocycles. The predicted molar refractivity (Wildman–Crippen MR) is 136 cm³/mol. The third kappa shape index (κ3) is 8.71. The average molecular weight is 477 g/mol. The number of piperidine rings is 1. The first-order chi connectivity index (χ1) is 17.1. The molecule has 1 N–H and O–H groups in total. The standard InChI is InChI=1S/C29H36N2O4/c1-2-27(32)30-18-10-9-15-26(21-28(33)35-22-23-11-5-3-6-12-23)29(34)31-19-16-25(17-20-31)24-13-7-4-8-14-24/h2-8,11-14,25-26H,1,9-10,15-22H2,(H,30,32)/t26-/m1/s1. The monoisotopic (exact) mass is 476 g/mol. The van der Waals surface area contributed by atoms with Crippen LogP contribution in [0, 0.1) is 5.92 Å². The highest BCUT2D eigenvalue weighted by molar-refractivity contribution is 5.86. The van der Waals surface area contributed by atoms with E-state index in [9.17, 15) is 14.4 Å². The summed E-state index contributed by atoms with van der Waals surface area (Å²) in [7, 11) is 0. The summed E-state index contributed by atoms with van der Waals surface area (Å²) < 4.78 is 5.47. The second-order valence-corrected chi connectivity index (χ2v) is 9.05. The Labute approximate surface area is 208 Å². The van der Waals surface area contributed by atoms with Crippen LogP contribution in [0.3, 0.4) is 0 Å². The van der Waals surface area contributed by atoms with E-state index in [0.717, 1.165) is 31.2 Å². The lowest BCUT2D eigenvalue weighted by Crippen LogP contribution is -2.42. The molecule has 2 aromatic rings. The maximum absolute atomic E-state index is 13.4. The molecule has 6 heteroatoms. The molecule has 1 aliphatic heterocycles. The number of amides is 2. The van der Waals surface area contributed by atoms with Gasteiger partial charge in [-0.2, -0.15) is 0 Å². The van der Waals surface area contributed by atoms with Crippen molar-refractivity contribution in [3.05, 3.63) is 84.4 Å². The number of hydrogen-bond acceptors (Lipinski definition) is 4. The number of esters is 1. The third-order valence-corrected chi connectivity index (χ3v) is 6.55. The number of likely N-dealkylation sites (tertiary alicyclic amines) is 1. The van der Waals surface area contributed by atoms with Gasteiger partial charge in [-0.1, -0.05) is 73.7 Å². The summed E-state index contributed by atoms with van der Waals surface area (Å²) >= 11 is 0. The van der Waals surface area contributed by atoms with Crippen LogP contribution in [0.4, 0.5) is 0 Å². The SMILES string of the molecule is C=CC(=O)NCCCC[C@H](CC(=O)OCc1ccccc1)C(=O)N1CCC(c2ccccc2)CC1. The molecule has 2 aromatic carbocycles. The molecule has 0 radical (unpaired) electrons. The van der Waals surface area contributed by atoms with Gasteiger partial charge in [-0.3, -0.25) is 14.4 Å².